The van der Waals surface area contributed by atoms with Gasteiger partial charge in [-0.15, -0.1) is 0 Å². The van der Waals surface area contributed by atoms with Gasteiger partial charge in [0.05, 0.1) is 12.0 Å². The highest BCUT2D eigenvalue weighted by Crippen LogP contribution is 2.27. The third kappa shape index (κ3) is 1.94. The van der Waals surface area contributed by atoms with E-state index in [1.807, 2.05) is 0 Å². The van der Waals surface area contributed by atoms with Crippen LogP contribution in [0.15, 0.2) is 18.2 Å². The van der Waals surface area contributed by atoms with Gasteiger partial charge >= 0.3 is 5.69 Å². The third-order valence-corrected chi connectivity index (χ3v) is 1.61. The van der Waals surface area contributed by atoms with Crippen LogP contribution in [-0.4, -0.2) is 12.0 Å². The third-order valence-electron chi connectivity index (χ3n) is 1.61. The molecule has 0 bridgehead atoms. The average molecular weight is 182 g/mol. The molecule has 1 rings (SSSR count). The Kier molecular flexibility index (Phi) is 2.81. The highest BCUT2D eigenvalue weighted by molar-refractivity contribution is 5.48. The molecule has 13 heavy (non-hydrogen) atoms. The summed E-state index contributed by atoms with van der Waals surface area (Å²) in [4.78, 5) is 9.88. The molecule has 69 valence electrons. The predicted octanol–water partition coefficient (Wildman–Crippen LogP) is 1.53. The number of nitro groups is 1. The number of hydrogen-bond acceptors (Lipinski definition) is 3. The first kappa shape index (κ1) is 9.47. The van der Waals surface area contributed by atoms with Crippen LogP contribution in [-0.2, 0) is 11.7 Å². The fourth-order valence-corrected chi connectivity index (χ4v) is 0.963. The van der Waals surface area contributed by atoms with Crippen LogP contribution in [0.25, 0.3) is 0 Å². The summed E-state index contributed by atoms with van der Waals surface area (Å²) in [5.74, 6) is 0.123. The van der Waals surface area contributed by atoms with Crippen LogP contribution in [0.3, 0.4) is 0 Å². The van der Waals surface area contributed by atoms with Crippen molar-refractivity contribution in [2.45, 2.75) is 6.61 Å². The summed E-state index contributed by atoms with van der Waals surface area (Å²) in [6, 6.07) is 4.07. The summed E-state index contributed by atoms with van der Waals surface area (Å²) in [5.41, 5.74) is 0.349. The number of rotatable bonds is 3. The lowest BCUT2D eigenvalue weighted by Gasteiger charge is -2.02. The molecule has 0 saturated heterocycles. The molecule has 0 amide bonds. The smallest absolute Gasteiger partial charge is 0.310 e. The summed E-state index contributed by atoms with van der Waals surface area (Å²) < 4.78 is 4.77. The molecule has 1 aromatic carbocycles. The van der Waals surface area contributed by atoms with Gasteiger partial charge in [0, 0.05) is 6.07 Å². The lowest BCUT2D eigenvalue weighted by Crippen LogP contribution is -1.94. The molecule has 0 aliphatic rings. The minimum absolute atomic E-state index is 0.123. The molecule has 5 nitrogen and oxygen atoms in total. The number of hydrogen-bond donors (Lipinski definition) is 0. The van der Waals surface area contributed by atoms with Crippen LogP contribution in [0.2, 0.25) is 0 Å². The van der Waals surface area contributed by atoms with Crippen molar-refractivity contribution in [3.8, 4) is 5.75 Å². The molecule has 0 saturated carbocycles. The maximum absolute atomic E-state index is 10.5. The van der Waals surface area contributed by atoms with E-state index in [0.717, 1.165) is 0 Å². The van der Waals surface area contributed by atoms with Gasteiger partial charge in [-0.2, -0.15) is 0 Å². The van der Waals surface area contributed by atoms with Crippen LogP contribution >= 0.6 is 0 Å². The topological polar surface area (TPSA) is 72.3 Å². The van der Waals surface area contributed by atoms with Crippen molar-refractivity contribution < 1.29 is 14.8 Å². The second kappa shape index (κ2) is 3.86. The average Bonchev–Trinajstić information content (AvgIpc) is 2.16. The van der Waals surface area contributed by atoms with E-state index in [4.69, 9.17) is 4.74 Å². The first-order valence-corrected chi connectivity index (χ1v) is 3.58. The van der Waals surface area contributed by atoms with E-state index in [1.165, 1.54) is 25.3 Å². The van der Waals surface area contributed by atoms with Gasteiger partial charge in [0.15, 0.2) is 5.75 Å². The first-order chi connectivity index (χ1) is 6.19. The normalized spacial score (nSPS) is 9.69. The van der Waals surface area contributed by atoms with Gasteiger partial charge in [-0.1, -0.05) is 0 Å². The first-order valence-electron chi connectivity index (χ1n) is 3.58. The molecule has 0 aliphatic heterocycles. The summed E-state index contributed by atoms with van der Waals surface area (Å²) in [5, 5.41) is 20.9. The van der Waals surface area contributed by atoms with Crippen molar-refractivity contribution in [1.82, 2.24) is 0 Å². The van der Waals surface area contributed by atoms with Crippen LogP contribution in [0.4, 0.5) is 5.69 Å². The Morgan fingerprint density at radius 3 is 2.69 bits per heavy atom. The standard InChI is InChI=1S/C8H8NO4/c1-13-8-4-6(5-10)2-3-7(8)9(11)12/h2-4H,5H2,1H3. The molecule has 5 heteroatoms. The van der Waals surface area contributed by atoms with E-state index in [9.17, 15) is 15.2 Å². The van der Waals surface area contributed by atoms with Crippen LogP contribution in [0, 0.1) is 10.1 Å². The number of nitro benzene ring substituents is 1. The molecule has 1 radical (unpaired) electrons. The maximum Gasteiger partial charge on any atom is 0.310 e. The van der Waals surface area contributed by atoms with Gasteiger partial charge in [-0.05, 0) is 17.7 Å². The van der Waals surface area contributed by atoms with E-state index >= 15 is 0 Å². The molecule has 0 fully saturated rings. The SMILES string of the molecule is COc1cc(C[O])ccc1[N+](=O)[O-]. The lowest BCUT2D eigenvalue weighted by atomic mass is 10.2. The Morgan fingerprint density at radius 2 is 2.23 bits per heavy atom. The molecule has 0 heterocycles. The van der Waals surface area contributed by atoms with Crippen molar-refractivity contribution in [2.75, 3.05) is 7.11 Å². The molecule has 0 N–H and O–H groups in total. The number of benzene rings is 1. The summed E-state index contributed by atoms with van der Waals surface area (Å²) >= 11 is 0. The van der Waals surface area contributed by atoms with Gasteiger partial charge in [0.25, 0.3) is 0 Å². The van der Waals surface area contributed by atoms with Crippen molar-refractivity contribution in [3.63, 3.8) is 0 Å². The highest BCUT2D eigenvalue weighted by Gasteiger charge is 2.13. The molecule has 0 spiro atoms. The van der Waals surface area contributed by atoms with E-state index in [0.29, 0.717) is 5.56 Å². The Balaban J connectivity index is 3.15. The largest absolute Gasteiger partial charge is 0.490 e. The zero-order chi connectivity index (χ0) is 9.84. The molecular weight excluding hydrogens is 174 g/mol. The van der Waals surface area contributed by atoms with Crippen LogP contribution in [0.1, 0.15) is 5.56 Å². The predicted molar refractivity (Wildman–Crippen MR) is 44.0 cm³/mol. The molecule has 0 aromatic heterocycles. The number of nitrogens with zero attached hydrogens (tertiary/aromatic N) is 1. The van der Waals surface area contributed by atoms with Gasteiger partial charge in [-0.3, -0.25) is 10.1 Å². The fourth-order valence-electron chi connectivity index (χ4n) is 0.963. The Hall–Kier alpha value is -1.62. The summed E-state index contributed by atoms with van der Waals surface area (Å²) in [6.07, 6.45) is 0. The number of ether oxygens (including phenoxy) is 1. The Bertz CT molecular complexity index is 324. The lowest BCUT2D eigenvalue weighted by molar-refractivity contribution is -0.385. The second-order valence-electron chi connectivity index (χ2n) is 2.41. The number of methoxy groups -OCH3 is 1. The Labute approximate surface area is 74.7 Å². The van der Waals surface area contributed by atoms with Gasteiger partial charge in [0.1, 0.15) is 6.61 Å². The zero-order valence-corrected chi connectivity index (χ0v) is 7.02. The van der Waals surface area contributed by atoms with E-state index < -0.39 is 11.5 Å². The molecule has 0 aliphatic carbocycles. The van der Waals surface area contributed by atoms with E-state index in [2.05, 4.69) is 0 Å². The molecule has 1 aromatic rings. The van der Waals surface area contributed by atoms with Crippen molar-refractivity contribution >= 4 is 5.69 Å². The quantitative estimate of drug-likeness (QED) is 0.525. The minimum Gasteiger partial charge on any atom is -0.490 e. The highest BCUT2D eigenvalue weighted by atomic mass is 16.6. The molecule has 0 unspecified atom stereocenters. The van der Waals surface area contributed by atoms with E-state index in [1.54, 1.807) is 0 Å². The van der Waals surface area contributed by atoms with Crippen LogP contribution < -0.4 is 4.74 Å². The summed E-state index contributed by atoms with van der Waals surface area (Å²) in [7, 11) is 1.33. The fraction of sp³-hybridized carbons (Fsp3) is 0.250. The van der Waals surface area contributed by atoms with Crippen LogP contribution in [0.5, 0.6) is 5.75 Å². The second-order valence-corrected chi connectivity index (χ2v) is 2.41. The van der Waals surface area contributed by atoms with Gasteiger partial charge in [0.2, 0.25) is 0 Å². The van der Waals surface area contributed by atoms with E-state index in [-0.39, 0.29) is 11.4 Å². The van der Waals surface area contributed by atoms with Crippen molar-refractivity contribution in [3.05, 3.63) is 33.9 Å². The van der Waals surface area contributed by atoms with Gasteiger partial charge < -0.3 is 4.74 Å². The maximum atomic E-state index is 10.5. The van der Waals surface area contributed by atoms with Crippen molar-refractivity contribution in [1.29, 1.82) is 0 Å². The Morgan fingerprint density at radius 1 is 1.54 bits per heavy atom. The molecular formula is C8H8NO4. The summed E-state index contributed by atoms with van der Waals surface area (Å²) in [6.45, 7) is -0.408. The minimum atomic E-state index is -0.548. The van der Waals surface area contributed by atoms with Gasteiger partial charge in [-0.25, -0.2) is 5.11 Å². The molecule has 0 atom stereocenters. The monoisotopic (exact) mass is 182 g/mol. The zero-order valence-electron chi connectivity index (χ0n) is 7.02. The van der Waals surface area contributed by atoms with Crippen molar-refractivity contribution in [2.24, 2.45) is 0 Å².